The molecule has 3 nitrogen and oxygen atoms in total. The fraction of sp³-hybridized carbons (Fsp3) is 0.462. The van der Waals surface area contributed by atoms with E-state index < -0.39 is 0 Å². The molecule has 0 aliphatic rings. The number of hydrogen-bond acceptors (Lipinski definition) is 2. The molecule has 0 aromatic heterocycles. The second-order valence-corrected chi connectivity index (χ2v) is 4.87. The number of nitrogens with two attached hydrogens (primary N) is 1. The van der Waals surface area contributed by atoms with Gasteiger partial charge in [0.1, 0.15) is 0 Å². The SMILES string of the molecule is CC(NC(=O)C(C)C(C)N)c1ccc(Cl)cc1. The summed E-state index contributed by atoms with van der Waals surface area (Å²) in [4.78, 5) is 11.8. The van der Waals surface area contributed by atoms with Crippen molar-refractivity contribution in [1.29, 1.82) is 0 Å². The molecule has 0 saturated heterocycles. The third-order valence-corrected chi connectivity index (χ3v) is 3.18. The van der Waals surface area contributed by atoms with Crippen molar-refractivity contribution in [3.8, 4) is 0 Å². The summed E-state index contributed by atoms with van der Waals surface area (Å²) in [5.41, 5.74) is 6.72. The Balaban J connectivity index is 2.63. The smallest absolute Gasteiger partial charge is 0.224 e. The summed E-state index contributed by atoms with van der Waals surface area (Å²) in [5, 5.41) is 3.63. The monoisotopic (exact) mass is 254 g/mol. The van der Waals surface area contributed by atoms with Gasteiger partial charge in [-0.25, -0.2) is 0 Å². The number of carbonyl (C=O) groups excluding carboxylic acids is 1. The highest BCUT2D eigenvalue weighted by Crippen LogP contribution is 2.16. The van der Waals surface area contributed by atoms with E-state index in [1.54, 1.807) is 0 Å². The predicted molar refractivity (Wildman–Crippen MR) is 70.8 cm³/mol. The van der Waals surface area contributed by atoms with Crippen LogP contribution in [-0.4, -0.2) is 11.9 Å². The first-order chi connectivity index (χ1) is 7.91. The van der Waals surface area contributed by atoms with Crippen LogP contribution in [0.3, 0.4) is 0 Å². The number of nitrogens with one attached hydrogen (secondary N) is 1. The summed E-state index contributed by atoms with van der Waals surface area (Å²) in [6.45, 7) is 5.60. The third kappa shape index (κ3) is 4.02. The van der Waals surface area contributed by atoms with Gasteiger partial charge >= 0.3 is 0 Å². The first-order valence-corrected chi connectivity index (χ1v) is 6.11. The standard InChI is InChI=1S/C13H19ClN2O/c1-8(9(2)15)13(17)16-10(3)11-4-6-12(14)7-5-11/h4-10H,15H2,1-3H3,(H,16,17). The van der Waals surface area contributed by atoms with Gasteiger partial charge in [-0.1, -0.05) is 30.7 Å². The number of benzene rings is 1. The first-order valence-electron chi connectivity index (χ1n) is 5.73. The highest BCUT2D eigenvalue weighted by Gasteiger charge is 2.19. The number of hydrogen-bond donors (Lipinski definition) is 2. The molecule has 3 atom stereocenters. The number of rotatable bonds is 4. The second kappa shape index (κ2) is 6.03. The van der Waals surface area contributed by atoms with Gasteiger partial charge in [-0.05, 0) is 31.5 Å². The Morgan fingerprint density at radius 1 is 1.24 bits per heavy atom. The molecule has 0 aliphatic carbocycles. The van der Waals surface area contributed by atoms with Crippen molar-refractivity contribution in [2.45, 2.75) is 32.9 Å². The van der Waals surface area contributed by atoms with Gasteiger partial charge in [-0.2, -0.15) is 0 Å². The number of amides is 1. The van der Waals surface area contributed by atoms with Gasteiger partial charge in [0.25, 0.3) is 0 Å². The molecule has 3 unspecified atom stereocenters. The maximum absolute atomic E-state index is 11.8. The van der Waals surface area contributed by atoms with Crippen LogP contribution in [0.1, 0.15) is 32.4 Å². The van der Waals surface area contributed by atoms with Crippen molar-refractivity contribution >= 4 is 17.5 Å². The quantitative estimate of drug-likeness (QED) is 0.868. The zero-order valence-electron chi connectivity index (χ0n) is 10.4. The summed E-state index contributed by atoms with van der Waals surface area (Å²) >= 11 is 5.81. The molecule has 17 heavy (non-hydrogen) atoms. The van der Waals surface area contributed by atoms with Crippen molar-refractivity contribution in [2.75, 3.05) is 0 Å². The minimum Gasteiger partial charge on any atom is -0.349 e. The minimum absolute atomic E-state index is 0.0255. The highest BCUT2D eigenvalue weighted by atomic mass is 35.5. The molecular formula is C13H19ClN2O. The van der Waals surface area contributed by atoms with Gasteiger partial charge in [0.15, 0.2) is 0 Å². The maximum atomic E-state index is 11.8. The largest absolute Gasteiger partial charge is 0.349 e. The molecule has 1 amide bonds. The van der Waals surface area contributed by atoms with Gasteiger partial charge in [0.05, 0.1) is 6.04 Å². The lowest BCUT2D eigenvalue weighted by atomic mass is 10.0. The predicted octanol–water partition coefficient (Wildman–Crippen LogP) is 2.50. The lowest BCUT2D eigenvalue weighted by Gasteiger charge is -2.20. The summed E-state index contributed by atoms with van der Waals surface area (Å²) in [6.07, 6.45) is 0. The fourth-order valence-corrected chi connectivity index (χ4v) is 1.54. The summed E-state index contributed by atoms with van der Waals surface area (Å²) in [5.74, 6) is -0.216. The molecule has 3 N–H and O–H groups in total. The second-order valence-electron chi connectivity index (χ2n) is 4.43. The molecular weight excluding hydrogens is 236 g/mol. The lowest BCUT2D eigenvalue weighted by molar-refractivity contribution is -0.125. The molecule has 4 heteroatoms. The van der Waals surface area contributed by atoms with Crippen LogP contribution in [0.15, 0.2) is 24.3 Å². The van der Waals surface area contributed by atoms with E-state index in [0.717, 1.165) is 5.56 Å². The Hall–Kier alpha value is -1.06. The van der Waals surface area contributed by atoms with Crippen LogP contribution >= 0.6 is 11.6 Å². The van der Waals surface area contributed by atoms with E-state index in [0.29, 0.717) is 5.02 Å². The van der Waals surface area contributed by atoms with Crippen molar-refractivity contribution < 1.29 is 4.79 Å². The molecule has 0 aliphatic heterocycles. The molecule has 0 saturated carbocycles. The average Bonchev–Trinajstić information content (AvgIpc) is 2.28. The van der Waals surface area contributed by atoms with Crippen LogP contribution < -0.4 is 11.1 Å². The van der Waals surface area contributed by atoms with Crippen molar-refractivity contribution in [1.82, 2.24) is 5.32 Å². The summed E-state index contributed by atoms with van der Waals surface area (Å²) in [6, 6.07) is 7.25. The van der Waals surface area contributed by atoms with Crippen molar-refractivity contribution in [2.24, 2.45) is 11.7 Å². The normalized spacial score (nSPS) is 16.1. The number of halogens is 1. The highest BCUT2D eigenvalue weighted by molar-refractivity contribution is 6.30. The van der Waals surface area contributed by atoms with E-state index in [2.05, 4.69) is 5.32 Å². The zero-order valence-corrected chi connectivity index (χ0v) is 11.2. The topological polar surface area (TPSA) is 55.1 Å². The van der Waals surface area contributed by atoms with Gasteiger partial charge < -0.3 is 11.1 Å². The van der Waals surface area contributed by atoms with Crippen molar-refractivity contribution in [3.05, 3.63) is 34.9 Å². The Kier molecular flexibility index (Phi) is 4.97. The average molecular weight is 255 g/mol. The van der Waals surface area contributed by atoms with Gasteiger partial charge in [0, 0.05) is 17.0 Å². The van der Waals surface area contributed by atoms with Crippen molar-refractivity contribution in [3.63, 3.8) is 0 Å². The van der Waals surface area contributed by atoms with E-state index in [1.807, 2.05) is 45.0 Å². The summed E-state index contributed by atoms with van der Waals surface area (Å²) < 4.78 is 0. The van der Waals surface area contributed by atoms with Crippen LogP contribution in [0.2, 0.25) is 5.02 Å². The molecule has 1 aromatic carbocycles. The zero-order chi connectivity index (χ0) is 13.0. The van der Waals surface area contributed by atoms with Gasteiger partial charge in [0.2, 0.25) is 5.91 Å². The fourth-order valence-electron chi connectivity index (χ4n) is 1.42. The third-order valence-electron chi connectivity index (χ3n) is 2.93. The molecule has 0 heterocycles. The lowest BCUT2D eigenvalue weighted by Crippen LogP contribution is -2.39. The van der Waals surface area contributed by atoms with E-state index >= 15 is 0 Å². The van der Waals surface area contributed by atoms with Gasteiger partial charge in [-0.15, -0.1) is 0 Å². The molecule has 0 radical (unpaired) electrons. The van der Waals surface area contributed by atoms with Crippen LogP contribution in [0.25, 0.3) is 0 Å². The first kappa shape index (κ1) is 14.0. The molecule has 1 rings (SSSR count). The van der Waals surface area contributed by atoms with E-state index in [4.69, 9.17) is 17.3 Å². The van der Waals surface area contributed by atoms with E-state index in [9.17, 15) is 4.79 Å². The van der Waals surface area contributed by atoms with Crippen LogP contribution in [0, 0.1) is 5.92 Å². The molecule has 1 aromatic rings. The molecule has 0 fully saturated rings. The van der Waals surface area contributed by atoms with E-state index in [1.165, 1.54) is 0 Å². The minimum atomic E-state index is -0.190. The molecule has 94 valence electrons. The number of carbonyl (C=O) groups is 1. The van der Waals surface area contributed by atoms with Crippen LogP contribution in [0.5, 0.6) is 0 Å². The maximum Gasteiger partial charge on any atom is 0.224 e. The summed E-state index contributed by atoms with van der Waals surface area (Å²) in [7, 11) is 0. The molecule has 0 spiro atoms. The van der Waals surface area contributed by atoms with Gasteiger partial charge in [-0.3, -0.25) is 4.79 Å². The van der Waals surface area contributed by atoms with Crippen LogP contribution in [-0.2, 0) is 4.79 Å². The van der Waals surface area contributed by atoms with E-state index in [-0.39, 0.29) is 23.9 Å². The Morgan fingerprint density at radius 2 is 1.76 bits per heavy atom. The van der Waals surface area contributed by atoms with Crippen LogP contribution in [0.4, 0.5) is 0 Å². The Morgan fingerprint density at radius 3 is 2.24 bits per heavy atom. The Labute approximate surface area is 107 Å². The molecule has 0 bridgehead atoms. The Bertz CT molecular complexity index is 376.